The molecule has 0 fully saturated rings. The van der Waals surface area contributed by atoms with Crippen LogP contribution in [0.2, 0.25) is 0 Å². The van der Waals surface area contributed by atoms with Gasteiger partial charge in [0.05, 0.1) is 0 Å². The minimum absolute atomic E-state index is 0. The van der Waals surface area contributed by atoms with E-state index < -0.39 is 11.9 Å². The SMILES string of the molecule is C#Cc1nc(C(=O)[O-])oc1C.[Na+]. The molecule has 0 saturated heterocycles. The van der Waals surface area contributed by atoms with Gasteiger partial charge in [0.1, 0.15) is 11.7 Å². The van der Waals surface area contributed by atoms with Crippen molar-refractivity contribution in [3.05, 3.63) is 17.3 Å². The predicted molar refractivity (Wildman–Crippen MR) is 33.5 cm³/mol. The standard InChI is InChI=1S/C7H5NO3.Na/c1-3-5-4(2)11-6(8-5)7(9)10;/h1H,2H3,(H,9,10);/q;+1/p-1. The number of carboxylic acids is 1. The van der Waals surface area contributed by atoms with Crippen molar-refractivity contribution < 1.29 is 43.9 Å². The number of rotatable bonds is 1. The van der Waals surface area contributed by atoms with E-state index in [9.17, 15) is 9.90 Å². The summed E-state index contributed by atoms with van der Waals surface area (Å²) in [4.78, 5) is 13.6. The molecule has 0 spiro atoms. The Kier molecular flexibility index (Phi) is 4.04. The average molecular weight is 173 g/mol. The van der Waals surface area contributed by atoms with E-state index in [4.69, 9.17) is 6.42 Å². The fourth-order valence-corrected chi connectivity index (χ4v) is 0.618. The first-order chi connectivity index (χ1) is 5.15. The van der Waals surface area contributed by atoms with Crippen LogP contribution in [0.5, 0.6) is 0 Å². The zero-order valence-electron chi connectivity index (χ0n) is 6.75. The molecule has 1 heterocycles. The maximum absolute atomic E-state index is 10.1. The molecule has 0 aliphatic heterocycles. The molecule has 0 atom stereocenters. The number of aromatic carboxylic acids is 1. The van der Waals surface area contributed by atoms with Crippen LogP contribution in [-0.4, -0.2) is 11.0 Å². The molecular weight excluding hydrogens is 169 g/mol. The minimum Gasteiger partial charge on any atom is -0.540 e. The van der Waals surface area contributed by atoms with E-state index in [0.29, 0.717) is 5.76 Å². The van der Waals surface area contributed by atoms with Gasteiger partial charge in [0.25, 0.3) is 0 Å². The molecule has 0 radical (unpaired) electrons. The Bertz CT molecular complexity index is 337. The van der Waals surface area contributed by atoms with Crippen molar-refractivity contribution in [1.29, 1.82) is 0 Å². The first kappa shape index (κ1) is 11.2. The topological polar surface area (TPSA) is 66.2 Å². The zero-order chi connectivity index (χ0) is 8.43. The van der Waals surface area contributed by atoms with E-state index in [2.05, 4.69) is 15.3 Å². The Hall–Kier alpha value is -0.760. The van der Waals surface area contributed by atoms with Gasteiger partial charge in [-0.05, 0) is 12.8 Å². The predicted octanol–water partition coefficient (Wildman–Crippen LogP) is -3.67. The van der Waals surface area contributed by atoms with Gasteiger partial charge in [-0.3, -0.25) is 0 Å². The van der Waals surface area contributed by atoms with E-state index in [1.165, 1.54) is 6.92 Å². The molecule has 0 aromatic carbocycles. The number of hydrogen-bond acceptors (Lipinski definition) is 4. The van der Waals surface area contributed by atoms with Crippen LogP contribution in [0.25, 0.3) is 0 Å². The Morgan fingerprint density at radius 3 is 2.58 bits per heavy atom. The van der Waals surface area contributed by atoms with Crippen molar-refractivity contribution in [1.82, 2.24) is 4.98 Å². The van der Waals surface area contributed by atoms with E-state index in [1.807, 2.05) is 0 Å². The summed E-state index contributed by atoms with van der Waals surface area (Å²) in [7, 11) is 0. The molecule has 0 bridgehead atoms. The zero-order valence-corrected chi connectivity index (χ0v) is 8.75. The molecule has 1 aromatic rings. The number of carboxylic acid groups (broad SMARTS) is 1. The number of nitrogens with zero attached hydrogens (tertiary/aromatic N) is 1. The number of carbonyl (C=O) groups is 1. The molecule has 12 heavy (non-hydrogen) atoms. The van der Waals surface area contributed by atoms with E-state index >= 15 is 0 Å². The van der Waals surface area contributed by atoms with Crippen LogP contribution in [0.15, 0.2) is 4.42 Å². The molecule has 1 rings (SSSR count). The summed E-state index contributed by atoms with van der Waals surface area (Å²) in [5, 5.41) is 10.1. The molecule has 4 nitrogen and oxygen atoms in total. The first-order valence-electron chi connectivity index (χ1n) is 2.80. The van der Waals surface area contributed by atoms with E-state index in [1.54, 1.807) is 0 Å². The third kappa shape index (κ3) is 2.11. The Balaban J connectivity index is 0.00000121. The largest absolute Gasteiger partial charge is 1.00 e. The second kappa shape index (κ2) is 4.31. The van der Waals surface area contributed by atoms with Gasteiger partial charge < -0.3 is 14.3 Å². The average Bonchev–Trinajstić information content (AvgIpc) is 2.31. The maximum atomic E-state index is 10.1. The molecule has 5 heteroatoms. The van der Waals surface area contributed by atoms with Crippen LogP contribution >= 0.6 is 0 Å². The van der Waals surface area contributed by atoms with Crippen LogP contribution < -0.4 is 34.7 Å². The second-order valence-electron chi connectivity index (χ2n) is 1.86. The maximum Gasteiger partial charge on any atom is 1.00 e. The summed E-state index contributed by atoms with van der Waals surface area (Å²) in [6.07, 6.45) is 4.98. The summed E-state index contributed by atoms with van der Waals surface area (Å²) in [6, 6.07) is 0. The van der Waals surface area contributed by atoms with Gasteiger partial charge in [-0.25, -0.2) is 0 Å². The van der Waals surface area contributed by atoms with Gasteiger partial charge in [-0.2, -0.15) is 4.98 Å². The van der Waals surface area contributed by atoms with Gasteiger partial charge in [0.2, 0.25) is 5.89 Å². The van der Waals surface area contributed by atoms with Crippen molar-refractivity contribution in [2.24, 2.45) is 0 Å². The Morgan fingerprint density at radius 1 is 1.75 bits per heavy atom. The molecular formula is C7H4NNaO3. The number of carbonyl (C=O) groups excluding carboxylic acids is 1. The smallest absolute Gasteiger partial charge is 0.540 e. The molecule has 0 unspecified atom stereocenters. The van der Waals surface area contributed by atoms with Crippen LogP contribution in [0.4, 0.5) is 0 Å². The third-order valence-electron chi connectivity index (χ3n) is 1.11. The van der Waals surface area contributed by atoms with E-state index in [-0.39, 0.29) is 35.3 Å². The number of oxazole rings is 1. The van der Waals surface area contributed by atoms with Crippen molar-refractivity contribution in [3.63, 3.8) is 0 Å². The van der Waals surface area contributed by atoms with Crippen LogP contribution in [0, 0.1) is 19.3 Å². The molecule has 0 N–H and O–H groups in total. The van der Waals surface area contributed by atoms with Crippen molar-refractivity contribution in [2.75, 3.05) is 0 Å². The van der Waals surface area contributed by atoms with Crippen molar-refractivity contribution in [3.8, 4) is 12.3 Å². The monoisotopic (exact) mass is 173 g/mol. The number of aryl methyl sites for hydroxylation is 1. The fraction of sp³-hybridized carbons (Fsp3) is 0.143. The Labute approximate surface area is 91.3 Å². The summed E-state index contributed by atoms with van der Waals surface area (Å²) in [5.74, 6) is 0.547. The van der Waals surface area contributed by atoms with Crippen molar-refractivity contribution in [2.45, 2.75) is 6.92 Å². The molecule has 0 aliphatic carbocycles. The van der Waals surface area contributed by atoms with Gasteiger partial charge in [-0.15, -0.1) is 6.42 Å². The minimum atomic E-state index is -1.46. The molecule has 56 valence electrons. The number of terminal acetylenes is 1. The number of aromatic nitrogens is 1. The summed E-state index contributed by atoms with van der Waals surface area (Å²) in [5.41, 5.74) is 0.198. The second-order valence-corrected chi connectivity index (χ2v) is 1.86. The van der Waals surface area contributed by atoms with Gasteiger partial charge in [-0.1, -0.05) is 0 Å². The van der Waals surface area contributed by atoms with Crippen LogP contribution in [-0.2, 0) is 0 Å². The van der Waals surface area contributed by atoms with Gasteiger partial charge in [0.15, 0.2) is 5.69 Å². The summed E-state index contributed by atoms with van der Waals surface area (Å²) >= 11 is 0. The first-order valence-corrected chi connectivity index (χ1v) is 2.80. The molecule has 0 aliphatic rings. The van der Waals surface area contributed by atoms with E-state index in [0.717, 1.165) is 0 Å². The van der Waals surface area contributed by atoms with Gasteiger partial charge in [0, 0.05) is 0 Å². The Morgan fingerprint density at radius 2 is 2.33 bits per heavy atom. The van der Waals surface area contributed by atoms with Crippen molar-refractivity contribution >= 4 is 5.97 Å². The normalized spacial score (nSPS) is 8.33. The summed E-state index contributed by atoms with van der Waals surface area (Å²) < 4.78 is 4.65. The quantitative estimate of drug-likeness (QED) is 0.324. The fourth-order valence-electron chi connectivity index (χ4n) is 0.618. The molecule has 1 aromatic heterocycles. The van der Waals surface area contributed by atoms with Crippen LogP contribution in [0.3, 0.4) is 0 Å². The molecule has 0 saturated carbocycles. The number of hydrogen-bond donors (Lipinski definition) is 0. The third-order valence-corrected chi connectivity index (χ3v) is 1.11. The molecule has 0 amide bonds. The summed E-state index contributed by atoms with van der Waals surface area (Å²) in [6.45, 7) is 1.54. The van der Waals surface area contributed by atoms with Crippen LogP contribution in [0.1, 0.15) is 22.1 Å². The van der Waals surface area contributed by atoms with Gasteiger partial charge >= 0.3 is 29.6 Å².